The third-order valence-electron chi connectivity index (χ3n) is 15.0. The second kappa shape index (κ2) is 17.2. The minimum Gasteiger partial charge on any atom is -0.393 e. The van der Waals surface area contributed by atoms with Gasteiger partial charge in [0.2, 0.25) is 16.7 Å². The zero-order chi connectivity index (χ0) is 38.9. The standard InChI is InChI=1S/C44H63IN6O4/c1-27-22-39-42(29(3)44(55-39)18-16-33-34-12-11-31-24-32(52)15-17-43(31,4)36(34)25-35(33)28(44)2)51(26-27)21-20-48-40(53)8-6-5-7-19-47-41(54)14-10-30-9-13-38(49-50-46)37(45)23-30/h9,11,13,23,27,29,32-34,36,39,42,46,52H,5-8,10,12,14-22,24-26H2,1-4H3,(H-,47,48,53,54)/p+1/t27-,29+,32-,33-,34-,36-,39+,42-,43-,44-/m0/s1. The molecular weight excluding hydrogens is 803 g/mol. The van der Waals surface area contributed by atoms with E-state index in [1.54, 1.807) is 11.1 Å². The molecule has 2 heterocycles. The lowest BCUT2D eigenvalue weighted by Gasteiger charge is -2.49. The van der Waals surface area contributed by atoms with Crippen LogP contribution in [0.2, 0.25) is 0 Å². The van der Waals surface area contributed by atoms with E-state index in [1.165, 1.54) is 24.8 Å². The van der Waals surface area contributed by atoms with E-state index in [9.17, 15) is 14.7 Å². The molecule has 1 spiro atoms. The van der Waals surface area contributed by atoms with Crippen molar-refractivity contribution in [3.63, 3.8) is 0 Å². The second-order valence-electron chi connectivity index (χ2n) is 18.2. The number of aliphatic hydroxyl groups is 1. The summed E-state index contributed by atoms with van der Waals surface area (Å²) in [6.45, 7) is 12.9. The molecule has 2 amide bonds. The number of carbonyl (C=O) groups is 2. The number of benzene rings is 1. The summed E-state index contributed by atoms with van der Waals surface area (Å²) >= 11 is 2.17. The van der Waals surface area contributed by atoms with Crippen LogP contribution in [0.3, 0.4) is 0 Å². The molecule has 0 radical (unpaired) electrons. The van der Waals surface area contributed by atoms with Crippen LogP contribution >= 0.6 is 22.6 Å². The molecule has 2 aliphatic heterocycles. The van der Waals surface area contributed by atoms with Gasteiger partial charge in [-0.05, 0) is 152 Å². The highest BCUT2D eigenvalue weighted by Gasteiger charge is 2.61. The molecule has 2 saturated heterocycles. The van der Waals surface area contributed by atoms with Gasteiger partial charge in [0.1, 0.15) is 5.53 Å². The van der Waals surface area contributed by atoms with E-state index >= 15 is 0 Å². The smallest absolute Gasteiger partial charge is 0.220 e. The molecule has 7 rings (SSSR count). The van der Waals surface area contributed by atoms with Crippen molar-refractivity contribution in [2.45, 2.75) is 141 Å². The number of rotatable bonds is 13. The topological polar surface area (TPSA) is 141 Å². The highest BCUT2D eigenvalue weighted by atomic mass is 127. The fraction of sp³-hybridized carbons (Fsp3) is 0.727. The van der Waals surface area contributed by atoms with E-state index in [4.69, 9.17) is 10.3 Å². The Hall–Kier alpha value is -2.44. The minimum atomic E-state index is -0.179. The molecule has 300 valence electrons. The Morgan fingerprint density at radius 3 is 2.69 bits per heavy atom. The van der Waals surface area contributed by atoms with Crippen molar-refractivity contribution in [3.8, 4) is 0 Å². The molecule has 10 nitrogen and oxygen atoms in total. The zero-order valence-electron chi connectivity index (χ0n) is 33.5. The lowest BCUT2D eigenvalue weighted by atomic mass is 9.56. The molecule has 0 unspecified atom stereocenters. The molecule has 1 aromatic rings. The minimum absolute atomic E-state index is 0.0347. The lowest BCUT2D eigenvalue weighted by Crippen LogP contribution is -2.54. The van der Waals surface area contributed by atoms with Crippen LogP contribution in [0.1, 0.15) is 117 Å². The number of carbonyl (C=O) groups excluding carboxylic acids is 2. The Balaban J connectivity index is 0.848. The molecule has 4 aliphatic carbocycles. The van der Waals surface area contributed by atoms with Gasteiger partial charge in [-0.2, -0.15) is 0 Å². The van der Waals surface area contributed by atoms with Crippen LogP contribution in [0.5, 0.6) is 0 Å². The Morgan fingerprint density at radius 2 is 1.89 bits per heavy atom. The van der Waals surface area contributed by atoms with Crippen LogP contribution in [0.15, 0.2) is 46.1 Å². The molecule has 4 fully saturated rings. The SMILES string of the molecule is CC1=C2C[C@H]3[C@@H](CC=C4C[C@@H](O)CC[C@@]43C)[C@@H]2CC[C@]12O[C@@H]1C[C@H](C)CN(CCNC(=O)CCCCCNC(=O)CCc3ccc(N=[N+]=N)c(I)c3)[C@H]1[C@H]2C. The van der Waals surface area contributed by atoms with E-state index in [0.717, 1.165) is 79.5 Å². The van der Waals surface area contributed by atoms with Crippen LogP contribution in [0.25, 0.3) is 0 Å². The van der Waals surface area contributed by atoms with Crippen molar-refractivity contribution in [1.82, 2.24) is 20.4 Å². The maximum atomic E-state index is 12.8. The van der Waals surface area contributed by atoms with Gasteiger partial charge in [0.15, 0.2) is 10.8 Å². The molecule has 0 bridgehead atoms. The fourth-order valence-corrected chi connectivity index (χ4v) is 12.8. The van der Waals surface area contributed by atoms with E-state index in [1.807, 2.05) is 18.2 Å². The van der Waals surface area contributed by atoms with E-state index < -0.39 is 0 Å². The number of fused-ring (bicyclic) bond motifs is 6. The summed E-state index contributed by atoms with van der Waals surface area (Å²) in [5.41, 5.74) is 13.5. The van der Waals surface area contributed by atoms with Gasteiger partial charge in [0.05, 0.1) is 17.8 Å². The van der Waals surface area contributed by atoms with Crippen molar-refractivity contribution >= 4 is 40.1 Å². The van der Waals surface area contributed by atoms with Crippen LogP contribution in [-0.4, -0.2) is 71.9 Å². The number of ether oxygens (including phenoxy) is 1. The lowest BCUT2D eigenvalue weighted by molar-refractivity contribution is -0.122. The van der Waals surface area contributed by atoms with Crippen molar-refractivity contribution < 1.29 is 19.4 Å². The first-order valence-corrected chi connectivity index (χ1v) is 22.4. The largest absolute Gasteiger partial charge is 0.393 e. The Kier molecular flexibility index (Phi) is 12.7. The van der Waals surface area contributed by atoms with Gasteiger partial charge in [-0.15, -0.1) is 0 Å². The third-order valence-corrected chi connectivity index (χ3v) is 15.9. The Bertz CT molecular complexity index is 1720. The van der Waals surface area contributed by atoms with Gasteiger partial charge in [0.25, 0.3) is 0 Å². The summed E-state index contributed by atoms with van der Waals surface area (Å²) in [5, 5.41) is 20.5. The summed E-state index contributed by atoms with van der Waals surface area (Å²) in [4.78, 5) is 30.9. The third kappa shape index (κ3) is 8.30. The zero-order valence-corrected chi connectivity index (χ0v) is 35.7. The van der Waals surface area contributed by atoms with Crippen molar-refractivity contribution in [1.29, 1.82) is 5.53 Å². The number of aryl methyl sites for hydroxylation is 1. The number of allylic oxidation sites excluding steroid dienone is 2. The summed E-state index contributed by atoms with van der Waals surface area (Å²) < 4.78 is 8.25. The highest BCUT2D eigenvalue weighted by molar-refractivity contribution is 14.1. The van der Waals surface area contributed by atoms with Gasteiger partial charge in [-0.3, -0.25) is 14.5 Å². The Labute approximate surface area is 341 Å². The van der Waals surface area contributed by atoms with Gasteiger partial charge in [0, 0.05) is 54.6 Å². The average molecular weight is 868 g/mol. The molecule has 55 heavy (non-hydrogen) atoms. The molecule has 0 aromatic heterocycles. The maximum absolute atomic E-state index is 12.8. The summed E-state index contributed by atoms with van der Waals surface area (Å²) in [7, 11) is 0. The van der Waals surface area contributed by atoms with Gasteiger partial charge in [-0.1, -0.05) is 50.5 Å². The number of nitrogens with zero attached hydrogens (tertiary/aromatic N) is 3. The average Bonchev–Trinajstić information content (AvgIpc) is 3.68. The predicted molar refractivity (Wildman–Crippen MR) is 223 cm³/mol. The molecule has 6 aliphatic rings. The summed E-state index contributed by atoms with van der Waals surface area (Å²) in [5.74, 6) is 3.22. The fourth-order valence-electron chi connectivity index (χ4n) is 12.2. The first-order chi connectivity index (χ1) is 26.4. The number of hydrogen-bond acceptors (Lipinski definition) is 7. The van der Waals surface area contributed by atoms with Crippen molar-refractivity contribution in [3.05, 3.63) is 50.1 Å². The monoisotopic (exact) mass is 867 g/mol. The number of aliphatic hydroxyl groups excluding tert-OH is 1. The summed E-state index contributed by atoms with van der Waals surface area (Å²) in [6.07, 6.45) is 15.5. The van der Waals surface area contributed by atoms with Crippen LogP contribution < -0.4 is 15.5 Å². The number of nitrogens with one attached hydrogen (secondary N) is 3. The van der Waals surface area contributed by atoms with Gasteiger partial charge in [-0.25, -0.2) is 0 Å². The number of amides is 2. The highest BCUT2D eigenvalue weighted by Crippen LogP contribution is 2.65. The first-order valence-electron chi connectivity index (χ1n) is 21.3. The number of halogens is 1. The van der Waals surface area contributed by atoms with Gasteiger partial charge < -0.3 is 20.5 Å². The molecule has 1 aromatic carbocycles. The van der Waals surface area contributed by atoms with E-state index in [-0.39, 0.29) is 35.0 Å². The molecule has 10 atom stereocenters. The molecule has 4 N–H and O–H groups in total. The maximum Gasteiger partial charge on any atom is 0.220 e. The first kappa shape index (κ1) is 40.7. The number of hydrogen-bond donors (Lipinski definition) is 4. The van der Waals surface area contributed by atoms with E-state index in [2.05, 4.69) is 81.9 Å². The molecule has 11 heteroatoms. The van der Waals surface area contributed by atoms with Crippen molar-refractivity contribution in [2.75, 3.05) is 26.2 Å². The number of likely N-dealkylation sites (tertiary alicyclic amines) is 1. The summed E-state index contributed by atoms with van der Waals surface area (Å²) in [6, 6.07) is 6.11. The Morgan fingerprint density at radius 1 is 1.09 bits per heavy atom. The quantitative estimate of drug-likeness (QED) is 0.0525. The van der Waals surface area contributed by atoms with Gasteiger partial charge >= 0.3 is 0 Å². The number of piperidine rings is 1. The number of unbranched alkanes of at least 4 members (excludes halogenated alkanes) is 2. The molecular formula is C44H64IN6O4+. The predicted octanol–water partition coefficient (Wildman–Crippen LogP) is 7.93. The van der Waals surface area contributed by atoms with Crippen LogP contribution in [-0.2, 0) is 20.7 Å². The van der Waals surface area contributed by atoms with E-state index in [0.29, 0.717) is 67.8 Å². The second-order valence-corrected chi connectivity index (χ2v) is 19.4. The van der Waals surface area contributed by atoms with Crippen molar-refractivity contribution in [2.24, 2.45) is 40.1 Å². The normalized spacial score (nSPS) is 35.3. The molecule has 2 saturated carbocycles. The van der Waals surface area contributed by atoms with Crippen LogP contribution in [0, 0.1) is 44.1 Å². The van der Waals surface area contributed by atoms with Crippen LogP contribution in [0.4, 0.5) is 5.69 Å².